The fourth-order valence-electron chi connectivity index (χ4n) is 1.30. The van der Waals surface area contributed by atoms with Gasteiger partial charge in [-0.15, -0.1) is 0 Å². The van der Waals surface area contributed by atoms with Crippen molar-refractivity contribution in [1.82, 2.24) is 0 Å². The number of aliphatic carboxylic acids is 1. The second kappa shape index (κ2) is 9.22. The molecule has 0 heterocycles. The highest BCUT2D eigenvalue weighted by molar-refractivity contribution is 5.93. The standard InChI is InChI=1S/C10H14O.C4H6O3/c1-2-3-6-9-7-4-5-8-10(9)11;1-3(5)2-4(6)7/h4-5,7-8,11H,2-3,6H2,1H3;2H2,1H3,(H,6,7). The number of Topliss-reactive ketones (excluding diaryl/α,β-unsaturated/α-hetero) is 1. The number of carboxylic acid groups (broad SMARTS) is 1. The minimum absolute atomic E-state index is 0.312. The number of hydrogen-bond acceptors (Lipinski definition) is 3. The van der Waals surface area contributed by atoms with Gasteiger partial charge in [-0.1, -0.05) is 31.5 Å². The normalized spacial score (nSPS) is 9.22. The molecule has 1 aromatic carbocycles. The maximum Gasteiger partial charge on any atom is 0.310 e. The Morgan fingerprint density at radius 2 is 1.83 bits per heavy atom. The van der Waals surface area contributed by atoms with E-state index in [-0.39, 0.29) is 12.2 Å². The number of hydrogen-bond donors (Lipinski definition) is 2. The van der Waals surface area contributed by atoms with Gasteiger partial charge in [0.25, 0.3) is 0 Å². The smallest absolute Gasteiger partial charge is 0.310 e. The number of aromatic hydroxyl groups is 1. The van der Waals surface area contributed by atoms with E-state index in [4.69, 9.17) is 5.11 Å². The molecule has 18 heavy (non-hydrogen) atoms. The van der Waals surface area contributed by atoms with Gasteiger partial charge in [0, 0.05) is 0 Å². The first-order valence-electron chi connectivity index (χ1n) is 5.95. The highest BCUT2D eigenvalue weighted by atomic mass is 16.4. The van der Waals surface area contributed by atoms with Crippen LogP contribution in [-0.4, -0.2) is 22.0 Å². The summed E-state index contributed by atoms with van der Waals surface area (Å²) in [6.45, 7) is 3.40. The zero-order valence-electron chi connectivity index (χ0n) is 10.8. The van der Waals surface area contributed by atoms with Gasteiger partial charge in [-0.25, -0.2) is 0 Å². The first kappa shape index (κ1) is 16.2. The van der Waals surface area contributed by atoms with Crippen molar-refractivity contribution < 1.29 is 19.8 Å². The predicted octanol–water partition coefficient (Wildman–Crippen LogP) is 2.78. The maximum absolute atomic E-state index is 9.87. The number of benzene rings is 1. The van der Waals surface area contributed by atoms with Crippen molar-refractivity contribution >= 4 is 11.8 Å². The number of aryl methyl sites for hydroxylation is 1. The van der Waals surface area contributed by atoms with Gasteiger partial charge in [0.15, 0.2) is 0 Å². The van der Waals surface area contributed by atoms with E-state index in [0.717, 1.165) is 18.4 Å². The van der Waals surface area contributed by atoms with Crippen LogP contribution in [-0.2, 0) is 16.0 Å². The Morgan fingerprint density at radius 1 is 1.22 bits per heavy atom. The minimum atomic E-state index is -1.06. The fraction of sp³-hybridized carbons (Fsp3) is 0.429. The topological polar surface area (TPSA) is 74.6 Å². The van der Waals surface area contributed by atoms with Gasteiger partial charge in [0.1, 0.15) is 18.0 Å². The van der Waals surface area contributed by atoms with E-state index in [0.29, 0.717) is 5.75 Å². The molecule has 0 unspecified atom stereocenters. The van der Waals surface area contributed by atoms with Crippen LogP contribution in [0.25, 0.3) is 0 Å². The zero-order chi connectivity index (χ0) is 14.0. The van der Waals surface area contributed by atoms with Gasteiger partial charge in [0.05, 0.1) is 0 Å². The van der Waals surface area contributed by atoms with Gasteiger partial charge < -0.3 is 10.2 Å². The Hall–Kier alpha value is -1.84. The Balaban J connectivity index is 0.000000360. The number of carbonyl (C=O) groups excluding carboxylic acids is 1. The molecule has 0 saturated carbocycles. The van der Waals surface area contributed by atoms with E-state index in [1.54, 1.807) is 6.07 Å². The van der Waals surface area contributed by atoms with E-state index >= 15 is 0 Å². The number of phenols is 1. The Bertz CT molecular complexity index is 373. The molecule has 0 amide bonds. The third-order valence-electron chi connectivity index (χ3n) is 2.19. The monoisotopic (exact) mass is 252 g/mol. The van der Waals surface area contributed by atoms with E-state index < -0.39 is 5.97 Å². The van der Waals surface area contributed by atoms with Crippen LogP contribution in [0.15, 0.2) is 24.3 Å². The molecule has 0 fully saturated rings. The molecular weight excluding hydrogens is 232 g/mol. The largest absolute Gasteiger partial charge is 0.508 e. The summed E-state index contributed by atoms with van der Waals surface area (Å²) in [5.74, 6) is -0.944. The molecule has 0 bridgehead atoms. The van der Waals surface area contributed by atoms with Crippen LogP contribution in [0.3, 0.4) is 0 Å². The maximum atomic E-state index is 9.87. The van der Waals surface area contributed by atoms with Crippen LogP contribution in [0.1, 0.15) is 38.7 Å². The lowest BCUT2D eigenvalue weighted by molar-refractivity contribution is -0.139. The van der Waals surface area contributed by atoms with Gasteiger partial charge in [-0.3, -0.25) is 9.59 Å². The molecule has 4 nitrogen and oxygen atoms in total. The number of para-hydroxylation sites is 1. The average Bonchev–Trinajstić information content (AvgIpc) is 2.27. The van der Waals surface area contributed by atoms with E-state index in [1.807, 2.05) is 18.2 Å². The third kappa shape index (κ3) is 8.33. The van der Waals surface area contributed by atoms with Crippen LogP contribution >= 0.6 is 0 Å². The van der Waals surface area contributed by atoms with E-state index in [1.165, 1.54) is 13.3 Å². The second-order valence-electron chi connectivity index (χ2n) is 4.00. The molecule has 0 atom stereocenters. The Morgan fingerprint density at radius 3 is 2.22 bits per heavy atom. The summed E-state index contributed by atoms with van der Waals surface area (Å²) in [7, 11) is 0. The molecule has 1 rings (SSSR count). The summed E-state index contributed by atoms with van der Waals surface area (Å²) in [5.41, 5.74) is 1.06. The van der Waals surface area contributed by atoms with Crippen LogP contribution in [0.4, 0.5) is 0 Å². The summed E-state index contributed by atoms with van der Waals surface area (Å²) in [6, 6.07) is 7.53. The lowest BCUT2D eigenvalue weighted by atomic mass is 10.1. The van der Waals surface area contributed by atoms with Crippen molar-refractivity contribution in [3.63, 3.8) is 0 Å². The summed E-state index contributed by atoms with van der Waals surface area (Å²) in [6.07, 6.45) is 2.95. The van der Waals surface area contributed by atoms with Gasteiger partial charge in [-0.2, -0.15) is 0 Å². The first-order valence-corrected chi connectivity index (χ1v) is 5.95. The highest BCUT2D eigenvalue weighted by Crippen LogP contribution is 2.17. The Kier molecular flexibility index (Phi) is 8.27. The van der Waals surface area contributed by atoms with Gasteiger partial charge in [0.2, 0.25) is 0 Å². The minimum Gasteiger partial charge on any atom is -0.508 e. The second-order valence-corrected chi connectivity index (χ2v) is 4.00. The van der Waals surface area contributed by atoms with Crippen molar-refractivity contribution in [2.75, 3.05) is 0 Å². The molecular formula is C14H20O4. The lowest BCUT2D eigenvalue weighted by Gasteiger charge is -2.01. The Labute approximate surface area is 107 Å². The fourth-order valence-corrected chi connectivity index (χ4v) is 1.30. The summed E-state index contributed by atoms with van der Waals surface area (Å²) in [5, 5.41) is 17.2. The van der Waals surface area contributed by atoms with Crippen LogP contribution < -0.4 is 0 Å². The predicted molar refractivity (Wildman–Crippen MR) is 69.7 cm³/mol. The van der Waals surface area contributed by atoms with Gasteiger partial charge >= 0.3 is 5.97 Å². The van der Waals surface area contributed by atoms with Crippen LogP contribution in [0, 0.1) is 0 Å². The third-order valence-corrected chi connectivity index (χ3v) is 2.19. The molecule has 0 aliphatic heterocycles. The van der Waals surface area contributed by atoms with Crippen molar-refractivity contribution in [2.24, 2.45) is 0 Å². The number of phenolic OH excluding ortho intramolecular Hbond substituents is 1. The number of ketones is 1. The van der Waals surface area contributed by atoms with E-state index in [2.05, 4.69) is 6.92 Å². The van der Waals surface area contributed by atoms with E-state index in [9.17, 15) is 14.7 Å². The molecule has 0 radical (unpaired) electrons. The van der Waals surface area contributed by atoms with Gasteiger partial charge in [-0.05, 0) is 31.4 Å². The molecule has 0 aromatic heterocycles. The summed E-state index contributed by atoms with van der Waals surface area (Å²) in [4.78, 5) is 19.5. The van der Waals surface area contributed by atoms with Crippen molar-refractivity contribution in [3.05, 3.63) is 29.8 Å². The zero-order valence-corrected chi connectivity index (χ0v) is 10.8. The number of carboxylic acids is 1. The molecule has 100 valence electrons. The molecule has 2 N–H and O–H groups in total. The molecule has 0 saturated heterocycles. The quantitative estimate of drug-likeness (QED) is 0.790. The van der Waals surface area contributed by atoms with Crippen molar-refractivity contribution in [1.29, 1.82) is 0 Å². The summed E-state index contributed by atoms with van der Waals surface area (Å²) >= 11 is 0. The van der Waals surface area contributed by atoms with Crippen LogP contribution in [0.2, 0.25) is 0 Å². The molecule has 0 aliphatic rings. The molecule has 4 heteroatoms. The average molecular weight is 252 g/mol. The molecule has 1 aromatic rings. The SMILES string of the molecule is CC(=O)CC(=O)O.CCCCc1ccccc1O. The van der Waals surface area contributed by atoms with Crippen molar-refractivity contribution in [3.8, 4) is 5.75 Å². The summed E-state index contributed by atoms with van der Waals surface area (Å²) < 4.78 is 0. The number of carbonyl (C=O) groups is 2. The van der Waals surface area contributed by atoms with Crippen molar-refractivity contribution in [2.45, 2.75) is 39.5 Å². The first-order chi connectivity index (χ1) is 8.47. The molecule has 0 aliphatic carbocycles. The number of unbranched alkanes of at least 4 members (excludes halogenated alkanes) is 1. The number of rotatable bonds is 5. The lowest BCUT2D eigenvalue weighted by Crippen LogP contribution is -2.00. The van der Waals surface area contributed by atoms with Crippen LogP contribution in [0.5, 0.6) is 5.75 Å². The molecule has 0 spiro atoms. The highest BCUT2D eigenvalue weighted by Gasteiger charge is 1.98.